The molecule has 1 rings (SSSR count). The molecule has 0 bridgehead atoms. The maximum atomic E-state index is 12.3. The molecule has 0 aliphatic carbocycles. The number of alkyl halides is 3. The molecule has 1 heterocycles. The molecule has 0 radical (unpaired) electrons. The van der Waals surface area contributed by atoms with Crippen molar-refractivity contribution in [3.63, 3.8) is 0 Å². The molecule has 7 heteroatoms. The van der Waals surface area contributed by atoms with Crippen LogP contribution in [0, 0.1) is 5.92 Å². The van der Waals surface area contributed by atoms with E-state index in [2.05, 4.69) is 10.2 Å². The summed E-state index contributed by atoms with van der Waals surface area (Å²) in [4.78, 5) is 13.7. The van der Waals surface area contributed by atoms with E-state index in [9.17, 15) is 18.0 Å². The van der Waals surface area contributed by atoms with E-state index in [1.807, 2.05) is 6.92 Å². The van der Waals surface area contributed by atoms with Crippen LogP contribution in [0.4, 0.5) is 13.2 Å². The van der Waals surface area contributed by atoms with Crippen molar-refractivity contribution in [2.75, 3.05) is 32.8 Å². The van der Waals surface area contributed by atoms with Gasteiger partial charge in [0, 0.05) is 25.6 Å². The van der Waals surface area contributed by atoms with Crippen molar-refractivity contribution >= 4 is 5.97 Å². The number of hydrogen-bond acceptors (Lipinski definition) is 4. The van der Waals surface area contributed by atoms with Gasteiger partial charge in [0.25, 0.3) is 0 Å². The Balaban J connectivity index is 2.53. The lowest BCUT2D eigenvalue weighted by atomic mass is 9.91. The number of ether oxygens (including phenoxy) is 1. The number of piperidine rings is 1. The van der Waals surface area contributed by atoms with Gasteiger partial charge in [-0.25, -0.2) is 0 Å². The number of nitrogens with one attached hydrogen (secondary N) is 1. The second-order valence-electron chi connectivity index (χ2n) is 5.56. The average molecular weight is 310 g/mol. The molecule has 0 amide bonds. The third kappa shape index (κ3) is 7.66. The fourth-order valence-electron chi connectivity index (χ4n) is 2.81. The maximum absolute atomic E-state index is 12.3. The van der Waals surface area contributed by atoms with Gasteiger partial charge in [0.05, 0.1) is 13.2 Å². The summed E-state index contributed by atoms with van der Waals surface area (Å²) in [7, 11) is 0. The fourth-order valence-corrected chi connectivity index (χ4v) is 2.81. The molecule has 1 N–H and O–H groups in total. The Morgan fingerprint density at radius 3 is 2.62 bits per heavy atom. The Hall–Kier alpha value is -0.820. The Morgan fingerprint density at radius 2 is 2.05 bits per heavy atom. The zero-order valence-corrected chi connectivity index (χ0v) is 12.7. The van der Waals surface area contributed by atoms with Crippen LogP contribution in [0.15, 0.2) is 0 Å². The molecule has 4 nitrogen and oxygen atoms in total. The van der Waals surface area contributed by atoms with Crippen molar-refractivity contribution in [2.45, 2.75) is 45.3 Å². The molecule has 124 valence electrons. The molecule has 2 unspecified atom stereocenters. The van der Waals surface area contributed by atoms with Gasteiger partial charge in [0.2, 0.25) is 0 Å². The van der Waals surface area contributed by atoms with Crippen LogP contribution in [0.25, 0.3) is 0 Å². The van der Waals surface area contributed by atoms with Gasteiger partial charge in [-0.2, -0.15) is 13.2 Å². The third-order valence-corrected chi connectivity index (χ3v) is 3.50. The number of likely N-dealkylation sites (tertiary alicyclic amines) is 1. The molecule has 1 aliphatic heterocycles. The lowest BCUT2D eigenvalue weighted by molar-refractivity contribution is -0.145. The quantitative estimate of drug-likeness (QED) is 0.732. The summed E-state index contributed by atoms with van der Waals surface area (Å²) in [5.41, 5.74) is 0. The first-order valence-electron chi connectivity index (χ1n) is 7.52. The van der Waals surface area contributed by atoms with Crippen molar-refractivity contribution in [3.05, 3.63) is 0 Å². The van der Waals surface area contributed by atoms with E-state index >= 15 is 0 Å². The highest BCUT2D eigenvalue weighted by Crippen LogP contribution is 2.22. The number of esters is 1. The van der Waals surface area contributed by atoms with Gasteiger partial charge in [-0.05, 0) is 32.2 Å². The van der Waals surface area contributed by atoms with Gasteiger partial charge < -0.3 is 15.0 Å². The number of hydrogen-bond donors (Lipinski definition) is 1. The lowest BCUT2D eigenvalue weighted by Gasteiger charge is -2.38. The smallest absolute Gasteiger partial charge is 0.401 e. The Bertz CT molecular complexity index is 324. The normalized spacial score (nSPS) is 24.0. The van der Waals surface area contributed by atoms with Crippen LogP contribution >= 0.6 is 0 Å². The Kier molecular flexibility index (Phi) is 7.45. The van der Waals surface area contributed by atoms with Crippen LogP contribution in [0.3, 0.4) is 0 Å². The minimum Gasteiger partial charge on any atom is -0.466 e. The van der Waals surface area contributed by atoms with E-state index in [1.165, 1.54) is 0 Å². The number of carbonyl (C=O) groups is 1. The number of nitrogens with zero attached hydrogens (tertiary/aromatic N) is 1. The average Bonchev–Trinajstić information content (AvgIpc) is 2.36. The third-order valence-electron chi connectivity index (χ3n) is 3.50. The molecule has 0 spiro atoms. The van der Waals surface area contributed by atoms with Gasteiger partial charge in [0.1, 0.15) is 0 Å². The molecule has 1 aliphatic rings. The van der Waals surface area contributed by atoms with Crippen molar-refractivity contribution < 1.29 is 22.7 Å². The highest BCUT2D eigenvalue weighted by molar-refractivity contribution is 5.69. The minimum atomic E-state index is -4.20. The van der Waals surface area contributed by atoms with E-state index in [4.69, 9.17) is 4.74 Å². The van der Waals surface area contributed by atoms with Gasteiger partial charge in [-0.1, -0.05) is 6.92 Å². The summed E-state index contributed by atoms with van der Waals surface area (Å²) in [6.45, 7) is 5.32. The Morgan fingerprint density at radius 1 is 1.33 bits per heavy atom. The van der Waals surface area contributed by atoms with E-state index in [0.29, 0.717) is 19.6 Å². The molecule has 0 aromatic heterocycles. The van der Waals surface area contributed by atoms with Crippen LogP contribution < -0.4 is 5.32 Å². The van der Waals surface area contributed by atoms with E-state index in [-0.39, 0.29) is 24.3 Å². The summed E-state index contributed by atoms with van der Waals surface area (Å²) < 4.78 is 41.9. The first kappa shape index (κ1) is 18.2. The van der Waals surface area contributed by atoms with Crippen LogP contribution in [-0.2, 0) is 9.53 Å². The fraction of sp³-hybridized carbons (Fsp3) is 0.929. The molecule has 0 saturated carbocycles. The SMILES string of the molecule is CCCN1CC(CC(=O)OCC)CC(NCC(F)(F)F)C1. The summed E-state index contributed by atoms with van der Waals surface area (Å²) in [5, 5.41) is 2.57. The van der Waals surface area contributed by atoms with E-state index in [0.717, 1.165) is 19.5 Å². The lowest BCUT2D eigenvalue weighted by Crippen LogP contribution is -2.51. The van der Waals surface area contributed by atoms with Crippen LogP contribution in [0.1, 0.15) is 33.1 Å². The van der Waals surface area contributed by atoms with Crippen molar-refractivity contribution in [1.82, 2.24) is 10.2 Å². The molecule has 0 aromatic carbocycles. The molecule has 2 atom stereocenters. The minimum absolute atomic E-state index is 0.0510. The molecule has 1 fully saturated rings. The van der Waals surface area contributed by atoms with Crippen molar-refractivity contribution in [2.24, 2.45) is 5.92 Å². The van der Waals surface area contributed by atoms with Gasteiger partial charge in [-0.15, -0.1) is 0 Å². The molecule has 1 saturated heterocycles. The Labute approximate surface area is 124 Å². The highest BCUT2D eigenvalue weighted by Gasteiger charge is 2.32. The van der Waals surface area contributed by atoms with E-state index in [1.54, 1.807) is 6.92 Å². The predicted octanol–water partition coefficient (Wildman–Crippen LogP) is 2.19. The second kappa shape index (κ2) is 8.58. The molecular formula is C14H25F3N2O2. The van der Waals surface area contributed by atoms with Gasteiger partial charge >= 0.3 is 12.1 Å². The zero-order valence-electron chi connectivity index (χ0n) is 12.7. The monoisotopic (exact) mass is 310 g/mol. The van der Waals surface area contributed by atoms with Crippen LogP contribution in [0.5, 0.6) is 0 Å². The first-order chi connectivity index (χ1) is 9.84. The molecule has 21 heavy (non-hydrogen) atoms. The summed E-state index contributed by atoms with van der Waals surface area (Å²) in [6.07, 6.45) is -2.41. The van der Waals surface area contributed by atoms with E-state index < -0.39 is 12.7 Å². The predicted molar refractivity (Wildman–Crippen MR) is 73.9 cm³/mol. The first-order valence-corrected chi connectivity index (χ1v) is 7.52. The van der Waals surface area contributed by atoms with Crippen LogP contribution in [-0.4, -0.2) is 55.9 Å². The van der Waals surface area contributed by atoms with Crippen LogP contribution in [0.2, 0.25) is 0 Å². The standard InChI is InChI=1S/C14H25F3N2O2/c1-3-5-19-8-11(7-13(20)21-4-2)6-12(9-19)18-10-14(15,16)17/h11-12,18H,3-10H2,1-2H3. The molecule has 0 aromatic rings. The van der Waals surface area contributed by atoms with Crippen molar-refractivity contribution in [1.29, 1.82) is 0 Å². The highest BCUT2D eigenvalue weighted by atomic mass is 19.4. The maximum Gasteiger partial charge on any atom is 0.401 e. The number of rotatable bonds is 7. The van der Waals surface area contributed by atoms with Gasteiger partial charge in [0.15, 0.2) is 0 Å². The summed E-state index contributed by atoms with van der Waals surface area (Å²) >= 11 is 0. The zero-order chi connectivity index (χ0) is 15.9. The topological polar surface area (TPSA) is 41.6 Å². The summed E-state index contributed by atoms with van der Waals surface area (Å²) in [6, 6.07) is -0.230. The number of halogens is 3. The van der Waals surface area contributed by atoms with Crippen molar-refractivity contribution in [3.8, 4) is 0 Å². The number of carbonyl (C=O) groups excluding carboxylic acids is 1. The second-order valence-corrected chi connectivity index (χ2v) is 5.56. The summed E-state index contributed by atoms with van der Waals surface area (Å²) in [5.74, 6) is -0.217. The molecular weight excluding hydrogens is 285 g/mol. The van der Waals surface area contributed by atoms with Gasteiger partial charge in [-0.3, -0.25) is 4.79 Å². The largest absolute Gasteiger partial charge is 0.466 e.